The van der Waals surface area contributed by atoms with Crippen LogP contribution in [-0.2, 0) is 0 Å². The fourth-order valence-corrected chi connectivity index (χ4v) is 5.09. The van der Waals surface area contributed by atoms with E-state index in [1.165, 1.54) is 19.3 Å². The summed E-state index contributed by atoms with van der Waals surface area (Å²) in [5, 5.41) is 19.5. The third kappa shape index (κ3) is 8.54. The minimum absolute atomic E-state index is 0.630. The maximum absolute atomic E-state index is 9.75. The highest BCUT2D eigenvalue weighted by Crippen LogP contribution is 2.29. The normalized spacial score (nSPS) is 11.5. The van der Waals surface area contributed by atoms with Crippen molar-refractivity contribution >= 4 is 66.5 Å². The number of anilines is 2. The Bertz CT molecular complexity index is 1450. The molecule has 5 heteroatoms. The van der Waals surface area contributed by atoms with Crippen LogP contribution in [0.2, 0.25) is 0 Å². The van der Waals surface area contributed by atoms with Gasteiger partial charge >= 0.3 is 0 Å². The number of nitrogens with zero attached hydrogens (tertiary/aromatic N) is 3. The average Bonchev–Trinajstić information content (AvgIpc) is 3.01. The quantitative estimate of drug-likeness (QED) is 0.0910. The fraction of sp³-hybridized carbons (Fsp3) is 0.167. The molecule has 0 bridgehead atoms. The third-order valence-corrected chi connectivity index (χ3v) is 7.88. The van der Waals surface area contributed by atoms with Crippen LogP contribution in [0.4, 0.5) is 11.4 Å². The van der Waals surface area contributed by atoms with Crippen molar-refractivity contribution in [2.75, 3.05) is 11.4 Å². The number of benzene rings is 4. The van der Waals surface area contributed by atoms with Crippen LogP contribution in [0.25, 0.3) is 23.3 Å². The van der Waals surface area contributed by atoms with Gasteiger partial charge in [-0.1, -0.05) is 107 Å². The van der Waals surface area contributed by atoms with Crippen LogP contribution in [-0.4, -0.2) is 6.54 Å². The van der Waals surface area contributed by atoms with Crippen LogP contribution in [0.5, 0.6) is 0 Å². The zero-order valence-electron chi connectivity index (χ0n) is 23.0. The lowest BCUT2D eigenvalue weighted by molar-refractivity contribution is 0.668. The molecule has 0 aliphatic carbocycles. The van der Waals surface area contributed by atoms with E-state index >= 15 is 0 Å². The van der Waals surface area contributed by atoms with Gasteiger partial charge in [0.05, 0.1) is 23.3 Å². The Labute approximate surface area is 260 Å². The molecule has 3 nitrogen and oxygen atoms in total. The Kier molecular flexibility index (Phi) is 11.1. The minimum atomic E-state index is 0.630. The molecule has 0 heterocycles. The second-order valence-electron chi connectivity index (χ2n) is 9.75. The summed E-state index contributed by atoms with van der Waals surface area (Å²) in [6.07, 6.45) is 8.56. The van der Waals surface area contributed by atoms with E-state index in [4.69, 9.17) is 0 Å². The van der Waals surface area contributed by atoms with Crippen molar-refractivity contribution < 1.29 is 0 Å². The van der Waals surface area contributed by atoms with Crippen LogP contribution in [0.1, 0.15) is 54.9 Å². The molecule has 0 atom stereocenters. The van der Waals surface area contributed by atoms with E-state index in [0.717, 1.165) is 55.5 Å². The molecule has 0 N–H and O–H groups in total. The van der Waals surface area contributed by atoms with E-state index in [1.54, 1.807) is 0 Å². The van der Waals surface area contributed by atoms with Crippen molar-refractivity contribution in [2.45, 2.75) is 32.6 Å². The molecule has 4 aromatic rings. The summed E-state index contributed by atoms with van der Waals surface area (Å²) in [6.45, 7) is 3.14. The van der Waals surface area contributed by atoms with Gasteiger partial charge in [-0.25, -0.2) is 0 Å². The van der Waals surface area contributed by atoms with E-state index < -0.39 is 0 Å². The Balaban J connectivity index is 1.58. The van der Waals surface area contributed by atoms with Gasteiger partial charge in [0.1, 0.15) is 0 Å². The molecule has 0 amide bonds. The standard InChI is InChI=1S/C36H31Br2N3/c1-2-3-4-5-22-41(35-18-6-27(7-19-35)23-31(25-39)29-10-14-33(37)15-11-29)36-20-8-28(9-21-36)24-32(26-40)30-12-16-34(38)17-13-30/h6-21,23-24H,2-5,22H2,1H3/b31-23+,32-24+. The molecule has 0 aliphatic rings. The van der Waals surface area contributed by atoms with Gasteiger partial charge in [0.25, 0.3) is 0 Å². The average molecular weight is 665 g/mol. The predicted octanol–water partition coefficient (Wildman–Crippen LogP) is 11.1. The lowest BCUT2D eigenvalue weighted by Crippen LogP contribution is -2.18. The maximum atomic E-state index is 9.75. The smallest absolute Gasteiger partial charge is 0.0998 e. The first-order valence-corrected chi connectivity index (χ1v) is 15.3. The number of allylic oxidation sites excluding steroid dienone is 2. The Morgan fingerprint density at radius 1 is 0.610 bits per heavy atom. The van der Waals surface area contributed by atoms with Crippen LogP contribution in [0.15, 0.2) is 106 Å². The highest BCUT2D eigenvalue weighted by Gasteiger charge is 2.10. The number of rotatable bonds is 11. The lowest BCUT2D eigenvalue weighted by Gasteiger charge is -2.25. The Morgan fingerprint density at radius 2 is 1.02 bits per heavy atom. The molecule has 4 rings (SSSR count). The number of unbranched alkanes of at least 4 members (excludes halogenated alkanes) is 3. The van der Waals surface area contributed by atoms with Crippen molar-refractivity contribution in [3.05, 3.63) is 128 Å². The molecule has 4 aromatic carbocycles. The zero-order valence-corrected chi connectivity index (χ0v) is 26.2. The SMILES string of the molecule is CCCCCCN(c1ccc(/C=C(\C#N)c2ccc(Br)cc2)cc1)c1ccc(/C=C(\C#N)c2ccc(Br)cc2)cc1. The van der Waals surface area contributed by atoms with Crippen LogP contribution < -0.4 is 4.90 Å². The topological polar surface area (TPSA) is 50.8 Å². The molecule has 204 valence electrons. The van der Waals surface area contributed by atoms with E-state index in [-0.39, 0.29) is 0 Å². The second-order valence-corrected chi connectivity index (χ2v) is 11.6. The van der Waals surface area contributed by atoms with Crippen molar-refractivity contribution in [1.82, 2.24) is 0 Å². The molecule has 0 aromatic heterocycles. The van der Waals surface area contributed by atoms with Gasteiger partial charge in [-0.3, -0.25) is 0 Å². The Hall–Kier alpha value is -3.90. The lowest BCUT2D eigenvalue weighted by atomic mass is 10.0. The summed E-state index contributed by atoms with van der Waals surface area (Å²) in [4.78, 5) is 2.34. The summed E-state index contributed by atoms with van der Waals surface area (Å²) >= 11 is 6.91. The number of halogens is 2. The summed E-state index contributed by atoms with van der Waals surface area (Å²) in [7, 11) is 0. The third-order valence-electron chi connectivity index (χ3n) is 6.82. The molecule has 0 radical (unpaired) electrons. The van der Waals surface area contributed by atoms with Crippen molar-refractivity contribution in [3.63, 3.8) is 0 Å². The van der Waals surface area contributed by atoms with Gasteiger partial charge in [-0.15, -0.1) is 0 Å². The minimum Gasteiger partial charge on any atom is -0.341 e. The molecular weight excluding hydrogens is 634 g/mol. The van der Waals surface area contributed by atoms with Gasteiger partial charge < -0.3 is 4.90 Å². The number of hydrogen-bond donors (Lipinski definition) is 0. The second kappa shape index (κ2) is 15.2. The molecule has 0 saturated heterocycles. The predicted molar refractivity (Wildman–Crippen MR) is 179 cm³/mol. The highest BCUT2D eigenvalue weighted by molar-refractivity contribution is 9.10. The highest BCUT2D eigenvalue weighted by atomic mass is 79.9. The molecule has 0 saturated carbocycles. The number of hydrogen-bond acceptors (Lipinski definition) is 3. The van der Waals surface area contributed by atoms with Crippen molar-refractivity contribution in [2.24, 2.45) is 0 Å². The summed E-state index contributed by atoms with van der Waals surface area (Å²) in [6, 6.07) is 37.0. The Morgan fingerprint density at radius 3 is 1.39 bits per heavy atom. The maximum Gasteiger partial charge on any atom is 0.0998 e. The van der Waals surface area contributed by atoms with Crippen LogP contribution in [0, 0.1) is 22.7 Å². The molecule has 0 unspecified atom stereocenters. The van der Waals surface area contributed by atoms with Gasteiger partial charge in [-0.05, 0) is 89.4 Å². The first-order valence-electron chi connectivity index (χ1n) is 13.7. The molecular formula is C36H31Br2N3. The van der Waals surface area contributed by atoms with Crippen molar-refractivity contribution in [3.8, 4) is 12.1 Å². The van der Waals surface area contributed by atoms with Crippen LogP contribution >= 0.6 is 31.9 Å². The van der Waals surface area contributed by atoms with Crippen molar-refractivity contribution in [1.29, 1.82) is 10.5 Å². The van der Waals surface area contributed by atoms with Gasteiger partial charge in [0.2, 0.25) is 0 Å². The fourth-order valence-electron chi connectivity index (χ4n) is 4.56. The monoisotopic (exact) mass is 663 g/mol. The van der Waals surface area contributed by atoms with Gasteiger partial charge in [0, 0.05) is 26.9 Å². The van der Waals surface area contributed by atoms with E-state index in [1.807, 2.05) is 60.7 Å². The number of nitriles is 2. The first kappa shape index (κ1) is 30.1. The van der Waals surface area contributed by atoms with Crippen LogP contribution in [0.3, 0.4) is 0 Å². The zero-order chi connectivity index (χ0) is 29.0. The molecule has 0 spiro atoms. The molecule has 0 fully saturated rings. The molecule has 41 heavy (non-hydrogen) atoms. The van der Waals surface area contributed by atoms with Gasteiger partial charge in [-0.2, -0.15) is 10.5 Å². The first-order chi connectivity index (χ1) is 20.0. The van der Waals surface area contributed by atoms with E-state index in [0.29, 0.717) is 11.1 Å². The summed E-state index contributed by atoms with van der Waals surface area (Å²) in [5.41, 5.74) is 7.23. The van der Waals surface area contributed by atoms with Gasteiger partial charge in [0.15, 0.2) is 0 Å². The van der Waals surface area contributed by atoms with E-state index in [2.05, 4.69) is 104 Å². The summed E-state index contributed by atoms with van der Waals surface area (Å²) < 4.78 is 1.97. The molecule has 0 aliphatic heterocycles. The largest absolute Gasteiger partial charge is 0.341 e. The summed E-state index contributed by atoms with van der Waals surface area (Å²) in [5.74, 6) is 0. The van der Waals surface area contributed by atoms with E-state index in [9.17, 15) is 10.5 Å².